The van der Waals surface area contributed by atoms with Crippen molar-refractivity contribution >= 4 is 0 Å². The monoisotopic (exact) mass is 264 g/mol. The van der Waals surface area contributed by atoms with Gasteiger partial charge in [-0.25, -0.2) is 0 Å². The first-order valence-electron chi connectivity index (χ1n) is 6.67. The summed E-state index contributed by atoms with van der Waals surface area (Å²) in [6, 6.07) is 17.2. The largest absolute Gasteiger partial charge is 0.383 e. The van der Waals surface area contributed by atoms with E-state index in [4.69, 9.17) is 5.26 Å². The van der Waals surface area contributed by atoms with Crippen molar-refractivity contribution < 1.29 is 5.11 Å². The van der Waals surface area contributed by atoms with Crippen LogP contribution in [0.15, 0.2) is 48.5 Å². The number of nitriles is 1. The second-order valence-corrected chi connectivity index (χ2v) is 5.35. The first kappa shape index (κ1) is 12.9. The Labute approximate surface area is 118 Å². The van der Waals surface area contributed by atoms with Gasteiger partial charge >= 0.3 is 0 Å². The minimum Gasteiger partial charge on any atom is -0.383 e. The van der Waals surface area contributed by atoms with Gasteiger partial charge in [-0.3, -0.25) is 0 Å². The van der Waals surface area contributed by atoms with Crippen molar-refractivity contribution in [1.29, 1.82) is 5.26 Å². The van der Waals surface area contributed by atoms with E-state index in [0.29, 0.717) is 5.56 Å². The van der Waals surface area contributed by atoms with Crippen LogP contribution < -0.4 is 5.32 Å². The SMILES string of the molecule is CC(O)(c1ccc(C#N)cc1)C1NCc2ccccc21. The number of nitrogens with one attached hydrogen (secondary N) is 1. The number of fused-ring (bicyclic) bond motifs is 1. The maximum Gasteiger partial charge on any atom is 0.106 e. The Morgan fingerprint density at radius 1 is 1.20 bits per heavy atom. The highest BCUT2D eigenvalue weighted by Crippen LogP contribution is 2.39. The van der Waals surface area contributed by atoms with Gasteiger partial charge in [-0.2, -0.15) is 5.26 Å². The zero-order valence-corrected chi connectivity index (χ0v) is 11.3. The minimum atomic E-state index is -1.01. The van der Waals surface area contributed by atoms with Crippen molar-refractivity contribution in [3.05, 3.63) is 70.8 Å². The highest BCUT2D eigenvalue weighted by Gasteiger charge is 2.38. The average Bonchev–Trinajstić information content (AvgIpc) is 2.92. The lowest BCUT2D eigenvalue weighted by Gasteiger charge is -2.31. The molecule has 2 unspecified atom stereocenters. The molecule has 2 aromatic carbocycles. The second kappa shape index (κ2) is 4.75. The highest BCUT2D eigenvalue weighted by molar-refractivity contribution is 5.40. The molecule has 0 radical (unpaired) electrons. The highest BCUT2D eigenvalue weighted by atomic mass is 16.3. The molecule has 3 heteroatoms. The number of benzene rings is 2. The smallest absolute Gasteiger partial charge is 0.106 e. The zero-order valence-electron chi connectivity index (χ0n) is 11.3. The lowest BCUT2D eigenvalue weighted by Crippen LogP contribution is -2.35. The number of hydrogen-bond donors (Lipinski definition) is 2. The Bertz CT molecular complexity index is 668. The maximum atomic E-state index is 11.0. The third kappa shape index (κ3) is 2.00. The average molecular weight is 264 g/mol. The molecule has 20 heavy (non-hydrogen) atoms. The van der Waals surface area contributed by atoms with Crippen LogP contribution >= 0.6 is 0 Å². The van der Waals surface area contributed by atoms with Gasteiger partial charge in [0.05, 0.1) is 17.7 Å². The molecule has 0 bridgehead atoms. The van der Waals surface area contributed by atoms with E-state index in [9.17, 15) is 5.11 Å². The van der Waals surface area contributed by atoms with Crippen LogP contribution in [0.5, 0.6) is 0 Å². The molecule has 2 N–H and O–H groups in total. The summed E-state index contributed by atoms with van der Waals surface area (Å²) >= 11 is 0. The molecule has 0 aliphatic carbocycles. The molecule has 0 aromatic heterocycles. The summed E-state index contributed by atoms with van der Waals surface area (Å²) in [6.07, 6.45) is 0. The normalized spacial score (nSPS) is 19.9. The van der Waals surface area contributed by atoms with Crippen molar-refractivity contribution in [2.24, 2.45) is 0 Å². The van der Waals surface area contributed by atoms with Gasteiger partial charge in [0.15, 0.2) is 0 Å². The first-order valence-corrected chi connectivity index (χ1v) is 6.67. The summed E-state index contributed by atoms with van der Waals surface area (Å²) in [7, 11) is 0. The van der Waals surface area contributed by atoms with E-state index in [1.165, 1.54) is 5.56 Å². The standard InChI is InChI=1S/C17H16N2O/c1-17(20,14-8-6-12(10-18)7-9-14)16-15-5-3-2-4-13(15)11-19-16/h2-9,16,19-20H,11H2,1H3. The zero-order chi connectivity index (χ0) is 14.2. The lowest BCUT2D eigenvalue weighted by atomic mass is 9.84. The number of hydrogen-bond acceptors (Lipinski definition) is 3. The molecule has 0 amide bonds. The maximum absolute atomic E-state index is 11.0. The van der Waals surface area contributed by atoms with Crippen LogP contribution in [0.25, 0.3) is 0 Å². The summed E-state index contributed by atoms with van der Waals surface area (Å²) in [6.45, 7) is 2.58. The molecule has 0 fully saturated rings. The van der Waals surface area contributed by atoms with Crippen molar-refractivity contribution in [3.8, 4) is 6.07 Å². The van der Waals surface area contributed by atoms with E-state index in [2.05, 4.69) is 23.5 Å². The molecule has 1 aliphatic rings. The quantitative estimate of drug-likeness (QED) is 0.876. The first-order chi connectivity index (χ1) is 9.63. The third-order valence-corrected chi connectivity index (χ3v) is 4.02. The van der Waals surface area contributed by atoms with Crippen LogP contribution in [0.3, 0.4) is 0 Å². The second-order valence-electron chi connectivity index (χ2n) is 5.35. The van der Waals surface area contributed by atoms with Crippen LogP contribution in [-0.2, 0) is 12.1 Å². The van der Waals surface area contributed by atoms with Gasteiger partial charge in [-0.15, -0.1) is 0 Å². The Morgan fingerprint density at radius 3 is 2.60 bits per heavy atom. The van der Waals surface area contributed by atoms with Gasteiger partial charge in [0.25, 0.3) is 0 Å². The fourth-order valence-corrected chi connectivity index (χ4v) is 2.85. The molecule has 3 nitrogen and oxygen atoms in total. The molecule has 0 spiro atoms. The number of rotatable bonds is 2. The topological polar surface area (TPSA) is 56.0 Å². The van der Waals surface area contributed by atoms with Crippen molar-refractivity contribution in [2.45, 2.75) is 25.1 Å². The summed E-state index contributed by atoms with van der Waals surface area (Å²) in [5.74, 6) is 0. The van der Waals surface area contributed by atoms with E-state index >= 15 is 0 Å². The Morgan fingerprint density at radius 2 is 1.90 bits per heavy atom. The summed E-state index contributed by atoms with van der Waals surface area (Å²) in [5, 5.41) is 23.2. The summed E-state index contributed by atoms with van der Waals surface area (Å²) in [5.41, 5.74) is 2.77. The van der Waals surface area contributed by atoms with E-state index in [0.717, 1.165) is 17.7 Å². The number of aliphatic hydroxyl groups is 1. The summed E-state index contributed by atoms with van der Waals surface area (Å²) in [4.78, 5) is 0. The van der Waals surface area contributed by atoms with Crippen LogP contribution in [-0.4, -0.2) is 5.11 Å². The van der Waals surface area contributed by atoms with Crippen LogP contribution in [0.1, 0.15) is 35.2 Å². The van der Waals surface area contributed by atoms with Gasteiger partial charge in [-0.05, 0) is 35.7 Å². The molecular weight excluding hydrogens is 248 g/mol. The molecule has 2 aromatic rings. The van der Waals surface area contributed by atoms with Crippen molar-refractivity contribution in [1.82, 2.24) is 5.32 Å². The third-order valence-electron chi connectivity index (χ3n) is 4.02. The lowest BCUT2D eigenvalue weighted by molar-refractivity contribution is 0.0177. The predicted molar refractivity (Wildman–Crippen MR) is 76.8 cm³/mol. The van der Waals surface area contributed by atoms with E-state index in [1.54, 1.807) is 12.1 Å². The van der Waals surface area contributed by atoms with E-state index in [1.807, 2.05) is 31.2 Å². The van der Waals surface area contributed by atoms with Crippen molar-refractivity contribution in [3.63, 3.8) is 0 Å². The molecular formula is C17H16N2O. The Balaban J connectivity index is 1.98. The van der Waals surface area contributed by atoms with E-state index < -0.39 is 5.60 Å². The minimum absolute atomic E-state index is 0.133. The molecule has 0 saturated carbocycles. The van der Waals surface area contributed by atoms with Gasteiger partial charge in [0.1, 0.15) is 5.60 Å². The van der Waals surface area contributed by atoms with E-state index in [-0.39, 0.29) is 6.04 Å². The molecule has 0 saturated heterocycles. The van der Waals surface area contributed by atoms with Crippen LogP contribution in [0.2, 0.25) is 0 Å². The van der Waals surface area contributed by atoms with Gasteiger partial charge in [-0.1, -0.05) is 36.4 Å². The van der Waals surface area contributed by atoms with Crippen molar-refractivity contribution in [2.75, 3.05) is 0 Å². The fourth-order valence-electron chi connectivity index (χ4n) is 2.85. The fraction of sp³-hybridized carbons (Fsp3) is 0.235. The molecule has 1 aliphatic heterocycles. The van der Waals surface area contributed by atoms with Gasteiger partial charge in [0, 0.05) is 6.54 Å². The predicted octanol–water partition coefficient (Wildman–Crippen LogP) is 2.61. The van der Waals surface area contributed by atoms with Gasteiger partial charge in [0.2, 0.25) is 0 Å². The number of nitrogens with zero attached hydrogens (tertiary/aromatic N) is 1. The van der Waals surface area contributed by atoms with Gasteiger partial charge < -0.3 is 10.4 Å². The summed E-state index contributed by atoms with van der Waals surface area (Å²) < 4.78 is 0. The van der Waals surface area contributed by atoms with Crippen LogP contribution in [0, 0.1) is 11.3 Å². The molecule has 2 atom stereocenters. The molecule has 1 heterocycles. The molecule has 100 valence electrons. The Kier molecular flexibility index (Phi) is 3.06. The molecule has 3 rings (SSSR count). The Hall–Kier alpha value is -2.15. The van der Waals surface area contributed by atoms with Crippen LogP contribution in [0.4, 0.5) is 0 Å².